The van der Waals surface area contributed by atoms with Gasteiger partial charge >= 0.3 is 0 Å². The van der Waals surface area contributed by atoms with Crippen LogP contribution in [-0.2, 0) is 24.3 Å². The molecule has 0 aliphatic heterocycles. The van der Waals surface area contributed by atoms with Crippen molar-refractivity contribution in [2.45, 2.75) is 6.92 Å². The van der Waals surface area contributed by atoms with Crippen molar-refractivity contribution >= 4 is 5.97 Å². The van der Waals surface area contributed by atoms with Gasteiger partial charge in [-0.2, -0.15) is 36.4 Å². The summed E-state index contributed by atoms with van der Waals surface area (Å²) in [5, 5.41) is 17.9. The first-order valence-corrected chi connectivity index (χ1v) is 3.18. The average Bonchev–Trinajstić information content (AvgIpc) is 2.08. The average molecular weight is 265 g/mol. The van der Waals surface area contributed by atoms with Crippen LogP contribution in [0.15, 0.2) is 35.7 Å². The summed E-state index contributed by atoms with van der Waals surface area (Å²) in [5.74, 6) is -1.08. The van der Waals surface area contributed by atoms with Crippen LogP contribution in [-0.4, -0.2) is 11.4 Å². The van der Waals surface area contributed by atoms with E-state index in [4.69, 9.17) is 20.0 Å². The van der Waals surface area contributed by atoms with Crippen molar-refractivity contribution in [3.05, 3.63) is 46.5 Å². The van der Waals surface area contributed by atoms with Gasteiger partial charge in [0.05, 0.1) is 0 Å². The number of hydrogen-bond donors (Lipinski definition) is 0. The molecule has 0 radical (unpaired) electrons. The SMILES string of the molecule is CC(=O)[O-].O=N[O-].[OH-].[Zn].[c-]1ccccc1. The summed E-state index contributed by atoms with van der Waals surface area (Å²) in [6, 6.07) is 12.5. The first kappa shape index (κ1) is 23.5. The maximum Gasteiger partial charge on any atom is 0.0383 e. The molecule has 0 aliphatic carbocycles. The number of hydrogen-bond acceptors (Lipinski definition) is 6. The van der Waals surface area contributed by atoms with Crippen LogP contribution in [0, 0.1) is 16.2 Å². The smallest absolute Gasteiger partial charge is 0.0383 e. The first-order chi connectivity index (χ1) is 6.15. The third-order valence-electron chi connectivity index (χ3n) is 0.607. The zero-order chi connectivity index (χ0) is 10.5. The van der Waals surface area contributed by atoms with Gasteiger partial charge < -0.3 is 25.5 Å². The summed E-state index contributed by atoms with van der Waals surface area (Å²) in [7, 11) is 0. The molecule has 6 nitrogen and oxygen atoms in total. The molecule has 0 fully saturated rings. The molecule has 0 aromatic heterocycles. The quantitative estimate of drug-likeness (QED) is 0.289. The standard InChI is InChI=1S/C6H5.C2H4O2.HNO2.H2O.Zn/c1-2-4-6-5-3-1;1-2(3)4;2-1-3;;/h1-5H;1H3,(H,3,4);(H,2,3);1H2;/q-1;;;;/p-3. The van der Waals surface area contributed by atoms with Crippen molar-refractivity contribution in [2.24, 2.45) is 5.34 Å². The number of carbonyl (C=O) groups excluding carboxylic acids is 1. The third kappa shape index (κ3) is 66.1. The Balaban J connectivity index is -0.0000000608. The molecular formula is C8H9NO5Zn-4. The number of rotatable bonds is 0. The van der Waals surface area contributed by atoms with Gasteiger partial charge in [-0.05, 0) is 6.92 Å². The van der Waals surface area contributed by atoms with Crippen LogP contribution in [0.25, 0.3) is 0 Å². The normalized spacial score (nSPS) is 5.67. The first-order valence-electron chi connectivity index (χ1n) is 3.18. The minimum Gasteiger partial charge on any atom is -0.870 e. The van der Waals surface area contributed by atoms with Crippen molar-refractivity contribution in [3.63, 3.8) is 0 Å². The second-order valence-corrected chi connectivity index (χ2v) is 1.64. The number of carboxylic acid groups (broad SMARTS) is 1. The molecule has 1 rings (SSSR count). The number of carboxylic acids is 1. The minimum atomic E-state index is -1.08. The van der Waals surface area contributed by atoms with Crippen LogP contribution in [0.2, 0.25) is 0 Å². The molecule has 82 valence electrons. The monoisotopic (exact) mass is 263 g/mol. The van der Waals surface area contributed by atoms with Crippen molar-refractivity contribution in [2.75, 3.05) is 0 Å². The van der Waals surface area contributed by atoms with Gasteiger partial charge in [-0.25, -0.2) is 0 Å². The van der Waals surface area contributed by atoms with Gasteiger partial charge in [0.25, 0.3) is 0 Å². The molecule has 0 saturated carbocycles. The Labute approximate surface area is 99.9 Å². The Morgan fingerprint density at radius 2 is 1.53 bits per heavy atom. The van der Waals surface area contributed by atoms with E-state index < -0.39 is 5.97 Å². The number of nitrogens with zero attached hydrogens (tertiary/aromatic N) is 1. The van der Waals surface area contributed by atoms with E-state index in [1.807, 2.05) is 30.3 Å². The van der Waals surface area contributed by atoms with Gasteiger partial charge in [-0.1, -0.05) is 0 Å². The zero-order valence-corrected chi connectivity index (χ0v) is 11.1. The van der Waals surface area contributed by atoms with E-state index in [2.05, 4.69) is 6.07 Å². The predicted octanol–water partition coefficient (Wildman–Crippen LogP) is 0.314. The molecule has 0 bridgehead atoms. The molecule has 0 amide bonds. The molecule has 1 aromatic carbocycles. The molecule has 0 aliphatic rings. The molecule has 0 unspecified atom stereocenters. The topological polar surface area (TPSA) is 123 Å². The fourth-order valence-corrected chi connectivity index (χ4v) is 0.342. The van der Waals surface area contributed by atoms with Crippen LogP contribution >= 0.6 is 0 Å². The third-order valence-corrected chi connectivity index (χ3v) is 0.607. The summed E-state index contributed by atoms with van der Waals surface area (Å²) in [6.07, 6.45) is 0. The van der Waals surface area contributed by atoms with E-state index in [0.29, 0.717) is 0 Å². The summed E-state index contributed by atoms with van der Waals surface area (Å²) in [4.78, 5) is 16.9. The number of benzene rings is 1. The molecule has 7 heteroatoms. The maximum atomic E-state index is 8.89. The van der Waals surface area contributed by atoms with Gasteiger partial charge in [0.15, 0.2) is 0 Å². The van der Waals surface area contributed by atoms with E-state index in [1.54, 1.807) is 0 Å². The Hall–Kier alpha value is -1.33. The Bertz CT molecular complexity index is 189. The van der Waals surface area contributed by atoms with Gasteiger partial charge in [0.1, 0.15) is 0 Å². The van der Waals surface area contributed by atoms with Gasteiger partial charge in [0, 0.05) is 25.4 Å². The van der Waals surface area contributed by atoms with Crippen LogP contribution in [0.1, 0.15) is 6.92 Å². The summed E-state index contributed by atoms with van der Waals surface area (Å²) >= 11 is 0. The molecule has 0 spiro atoms. The summed E-state index contributed by atoms with van der Waals surface area (Å²) in [5.41, 5.74) is 0. The van der Waals surface area contributed by atoms with E-state index >= 15 is 0 Å². The number of aliphatic carboxylic acids is 1. The van der Waals surface area contributed by atoms with E-state index in [1.165, 1.54) is 0 Å². The Kier molecular flexibility index (Phi) is 35.9. The molecule has 1 N–H and O–H groups in total. The fraction of sp³-hybridized carbons (Fsp3) is 0.125. The van der Waals surface area contributed by atoms with Crippen molar-refractivity contribution < 1.29 is 34.9 Å². The van der Waals surface area contributed by atoms with Crippen molar-refractivity contribution in [3.8, 4) is 0 Å². The number of carbonyl (C=O) groups is 1. The molecule has 0 saturated heterocycles. The second-order valence-electron chi connectivity index (χ2n) is 1.64. The molecule has 15 heavy (non-hydrogen) atoms. The summed E-state index contributed by atoms with van der Waals surface area (Å²) in [6.45, 7) is 0.972. The molecule has 0 atom stereocenters. The Morgan fingerprint density at radius 1 is 1.27 bits per heavy atom. The Morgan fingerprint density at radius 3 is 1.60 bits per heavy atom. The zero-order valence-electron chi connectivity index (χ0n) is 8.12. The van der Waals surface area contributed by atoms with Crippen LogP contribution < -0.4 is 5.11 Å². The fourth-order valence-electron chi connectivity index (χ4n) is 0.342. The van der Waals surface area contributed by atoms with Crippen LogP contribution in [0.4, 0.5) is 0 Å². The van der Waals surface area contributed by atoms with Gasteiger partial charge in [-0.3, -0.25) is 0 Å². The van der Waals surface area contributed by atoms with Crippen molar-refractivity contribution in [1.82, 2.24) is 0 Å². The van der Waals surface area contributed by atoms with Gasteiger partial charge in [0.2, 0.25) is 0 Å². The van der Waals surface area contributed by atoms with E-state index in [9.17, 15) is 0 Å². The van der Waals surface area contributed by atoms with E-state index in [0.717, 1.165) is 12.3 Å². The molecule has 1 aromatic rings. The predicted molar refractivity (Wildman–Crippen MR) is 47.1 cm³/mol. The van der Waals surface area contributed by atoms with Crippen LogP contribution in [0.5, 0.6) is 0 Å². The van der Waals surface area contributed by atoms with Gasteiger partial charge in [-0.15, -0.1) is 5.34 Å². The second kappa shape index (κ2) is 23.0. The summed E-state index contributed by atoms with van der Waals surface area (Å²) < 4.78 is 0. The largest absolute Gasteiger partial charge is 0.870 e. The van der Waals surface area contributed by atoms with E-state index in [-0.39, 0.29) is 25.0 Å². The van der Waals surface area contributed by atoms with Crippen molar-refractivity contribution in [1.29, 1.82) is 0 Å². The molecular weight excluding hydrogens is 255 g/mol. The van der Waals surface area contributed by atoms with Crippen LogP contribution in [0.3, 0.4) is 0 Å². The molecule has 0 heterocycles. The maximum absolute atomic E-state index is 8.89. The minimum absolute atomic E-state index is 0.